The Bertz CT molecular complexity index is 651. The van der Waals surface area contributed by atoms with Crippen molar-refractivity contribution >= 4 is 5.91 Å². The summed E-state index contributed by atoms with van der Waals surface area (Å²) in [6.45, 7) is 0.772. The maximum Gasteiger partial charge on any atom is 0.248 e. The molecule has 0 bridgehead atoms. The fourth-order valence-corrected chi connectivity index (χ4v) is 2.97. The highest BCUT2D eigenvalue weighted by Crippen LogP contribution is 2.21. The van der Waals surface area contributed by atoms with Crippen LogP contribution in [0.5, 0.6) is 0 Å². The predicted octanol–water partition coefficient (Wildman–Crippen LogP) is 2.43. The van der Waals surface area contributed by atoms with Gasteiger partial charge in [-0.3, -0.25) is 4.79 Å². The number of carbonyl (C=O) groups excluding carboxylic acids is 1. The minimum atomic E-state index is -0.372. The van der Waals surface area contributed by atoms with Crippen LogP contribution in [0, 0.1) is 0 Å². The SMILES string of the molecule is NC(=O)c1cccc(CNC2CCc3ccccc3C2)c1. The summed E-state index contributed by atoms with van der Waals surface area (Å²) in [4.78, 5) is 11.2. The number of amides is 1. The van der Waals surface area contributed by atoms with Gasteiger partial charge in [0.1, 0.15) is 0 Å². The largest absolute Gasteiger partial charge is 0.366 e. The van der Waals surface area contributed by atoms with Crippen LogP contribution in [-0.2, 0) is 19.4 Å². The highest BCUT2D eigenvalue weighted by Gasteiger charge is 2.17. The molecular weight excluding hydrogens is 260 g/mol. The Kier molecular flexibility index (Phi) is 4.02. The summed E-state index contributed by atoms with van der Waals surface area (Å²) in [5.41, 5.74) is 9.92. The molecule has 0 aromatic heterocycles. The Hall–Kier alpha value is -2.13. The number of hydrogen-bond acceptors (Lipinski definition) is 2. The standard InChI is InChI=1S/C18H20N2O/c19-18(21)16-7-3-4-13(10-16)12-20-17-9-8-14-5-1-2-6-15(14)11-17/h1-7,10,17,20H,8-9,11-12H2,(H2,19,21). The van der Waals surface area contributed by atoms with E-state index in [2.05, 4.69) is 29.6 Å². The van der Waals surface area contributed by atoms with E-state index in [1.54, 1.807) is 6.07 Å². The molecular formula is C18H20N2O. The summed E-state index contributed by atoms with van der Waals surface area (Å²) < 4.78 is 0. The molecule has 0 saturated carbocycles. The van der Waals surface area contributed by atoms with Gasteiger partial charge in [0.2, 0.25) is 5.91 Å². The number of aryl methyl sites for hydroxylation is 1. The zero-order valence-electron chi connectivity index (χ0n) is 12.0. The second kappa shape index (κ2) is 6.10. The van der Waals surface area contributed by atoms with Crippen molar-refractivity contribution in [2.75, 3.05) is 0 Å². The van der Waals surface area contributed by atoms with Crippen molar-refractivity contribution in [3.63, 3.8) is 0 Å². The van der Waals surface area contributed by atoms with Crippen LogP contribution < -0.4 is 11.1 Å². The lowest BCUT2D eigenvalue weighted by Crippen LogP contribution is -2.34. The minimum absolute atomic E-state index is 0.372. The van der Waals surface area contributed by atoms with Crippen LogP contribution >= 0.6 is 0 Å². The third kappa shape index (κ3) is 3.31. The number of nitrogens with one attached hydrogen (secondary N) is 1. The third-order valence-corrected chi connectivity index (χ3v) is 4.15. The van der Waals surface area contributed by atoms with E-state index in [0.717, 1.165) is 31.4 Å². The van der Waals surface area contributed by atoms with Crippen LogP contribution in [0.2, 0.25) is 0 Å². The molecule has 108 valence electrons. The first-order valence-corrected chi connectivity index (χ1v) is 7.41. The summed E-state index contributed by atoms with van der Waals surface area (Å²) in [7, 11) is 0. The van der Waals surface area contributed by atoms with E-state index >= 15 is 0 Å². The summed E-state index contributed by atoms with van der Waals surface area (Å²) >= 11 is 0. The van der Waals surface area contributed by atoms with Gasteiger partial charge < -0.3 is 11.1 Å². The molecule has 0 spiro atoms. The molecule has 0 saturated heterocycles. The molecule has 2 aromatic carbocycles. The van der Waals surface area contributed by atoms with Crippen molar-refractivity contribution in [1.29, 1.82) is 0 Å². The molecule has 0 heterocycles. The Balaban J connectivity index is 1.61. The number of fused-ring (bicyclic) bond motifs is 1. The van der Waals surface area contributed by atoms with Gasteiger partial charge in [0, 0.05) is 18.2 Å². The van der Waals surface area contributed by atoms with Crippen LogP contribution in [0.3, 0.4) is 0 Å². The molecule has 2 aromatic rings. The molecule has 1 aliphatic rings. The number of hydrogen-bond donors (Lipinski definition) is 2. The first-order chi connectivity index (χ1) is 10.2. The highest BCUT2D eigenvalue weighted by atomic mass is 16.1. The van der Waals surface area contributed by atoms with Crippen molar-refractivity contribution in [3.8, 4) is 0 Å². The zero-order valence-corrected chi connectivity index (χ0v) is 12.0. The van der Waals surface area contributed by atoms with Gasteiger partial charge in [-0.25, -0.2) is 0 Å². The smallest absolute Gasteiger partial charge is 0.248 e. The van der Waals surface area contributed by atoms with Crippen molar-refractivity contribution in [3.05, 3.63) is 70.8 Å². The summed E-state index contributed by atoms with van der Waals surface area (Å²) in [6.07, 6.45) is 3.37. The lowest BCUT2D eigenvalue weighted by Gasteiger charge is -2.25. The van der Waals surface area contributed by atoms with Crippen molar-refractivity contribution < 1.29 is 4.79 Å². The van der Waals surface area contributed by atoms with E-state index in [9.17, 15) is 4.79 Å². The molecule has 3 heteroatoms. The average molecular weight is 280 g/mol. The molecule has 0 aliphatic heterocycles. The van der Waals surface area contributed by atoms with Crippen LogP contribution in [0.1, 0.15) is 33.5 Å². The van der Waals surface area contributed by atoms with E-state index in [1.807, 2.05) is 18.2 Å². The molecule has 1 unspecified atom stereocenters. The number of benzene rings is 2. The lowest BCUT2D eigenvalue weighted by molar-refractivity contribution is 0.1000. The van der Waals surface area contributed by atoms with Gasteiger partial charge in [-0.2, -0.15) is 0 Å². The zero-order chi connectivity index (χ0) is 14.7. The fourth-order valence-electron chi connectivity index (χ4n) is 2.97. The molecule has 1 aliphatic carbocycles. The summed E-state index contributed by atoms with van der Waals surface area (Å²) in [5, 5.41) is 3.59. The Morgan fingerprint density at radius 3 is 2.76 bits per heavy atom. The van der Waals surface area contributed by atoms with Gasteiger partial charge in [0.15, 0.2) is 0 Å². The second-order valence-electron chi connectivity index (χ2n) is 5.65. The quantitative estimate of drug-likeness (QED) is 0.903. The monoisotopic (exact) mass is 280 g/mol. The lowest BCUT2D eigenvalue weighted by atomic mass is 9.88. The molecule has 3 N–H and O–H groups in total. The van der Waals surface area contributed by atoms with E-state index in [-0.39, 0.29) is 5.91 Å². The van der Waals surface area contributed by atoms with Crippen molar-refractivity contribution in [1.82, 2.24) is 5.32 Å². The molecule has 3 nitrogen and oxygen atoms in total. The normalized spacial score (nSPS) is 17.2. The van der Waals surface area contributed by atoms with Gasteiger partial charge >= 0.3 is 0 Å². The predicted molar refractivity (Wildman–Crippen MR) is 84.1 cm³/mol. The fraction of sp³-hybridized carbons (Fsp3) is 0.278. The van der Waals surface area contributed by atoms with Crippen LogP contribution in [0.4, 0.5) is 0 Å². The number of nitrogens with two attached hydrogens (primary N) is 1. The van der Waals surface area contributed by atoms with E-state index < -0.39 is 0 Å². The van der Waals surface area contributed by atoms with Gasteiger partial charge in [-0.05, 0) is 48.1 Å². The molecule has 3 rings (SSSR count). The number of rotatable bonds is 4. The Morgan fingerprint density at radius 2 is 1.95 bits per heavy atom. The van der Waals surface area contributed by atoms with Gasteiger partial charge in [-0.15, -0.1) is 0 Å². The first kappa shape index (κ1) is 13.8. The molecule has 1 amide bonds. The van der Waals surface area contributed by atoms with Crippen LogP contribution in [0.15, 0.2) is 48.5 Å². The maximum atomic E-state index is 11.2. The minimum Gasteiger partial charge on any atom is -0.366 e. The van der Waals surface area contributed by atoms with Gasteiger partial charge in [0.25, 0.3) is 0 Å². The number of carbonyl (C=O) groups is 1. The van der Waals surface area contributed by atoms with E-state index in [1.165, 1.54) is 11.1 Å². The van der Waals surface area contributed by atoms with Crippen molar-refractivity contribution in [2.45, 2.75) is 31.8 Å². The van der Waals surface area contributed by atoms with Gasteiger partial charge in [-0.1, -0.05) is 36.4 Å². The molecule has 21 heavy (non-hydrogen) atoms. The number of primary amides is 1. The topological polar surface area (TPSA) is 55.1 Å². The molecule has 0 fully saturated rings. The molecule has 1 atom stereocenters. The van der Waals surface area contributed by atoms with Crippen molar-refractivity contribution in [2.24, 2.45) is 5.73 Å². The second-order valence-corrected chi connectivity index (χ2v) is 5.65. The maximum absolute atomic E-state index is 11.2. The average Bonchev–Trinajstić information content (AvgIpc) is 2.53. The van der Waals surface area contributed by atoms with E-state index in [0.29, 0.717) is 11.6 Å². The van der Waals surface area contributed by atoms with Crippen LogP contribution in [-0.4, -0.2) is 11.9 Å². The summed E-state index contributed by atoms with van der Waals surface area (Å²) in [6, 6.07) is 16.7. The third-order valence-electron chi connectivity index (χ3n) is 4.15. The molecule has 0 radical (unpaired) electrons. The van der Waals surface area contributed by atoms with Crippen LogP contribution in [0.25, 0.3) is 0 Å². The Labute approximate surface area is 125 Å². The highest BCUT2D eigenvalue weighted by molar-refractivity contribution is 5.92. The van der Waals surface area contributed by atoms with E-state index in [4.69, 9.17) is 5.73 Å². The first-order valence-electron chi connectivity index (χ1n) is 7.41. The van der Waals surface area contributed by atoms with Gasteiger partial charge in [0.05, 0.1) is 0 Å². The Morgan fingerprint density at radius 1 is 1.14 bits per heavy atom. The summed E-state index contributed by atoms with van der Waals surface area (Å²) in [5.74, 6) is -0.372.